The van der Waals surface area contributed by atoms with E-state index in [2.05, 4.69) is 0 Å². The van der Waals surface area contributed by atoms with Crippen molar-refractivity contribution in [2.24, 2.45) is 5.92 Å². The molecule has 1 saturated heterocycles. The van der Waals surface area contributed by atoms with Crippen LogP contribution in [0, 0.1) is 5.92 Å². The van der Waals surface area contributed by atoms with Gasteiger partial charge in [0.05, 0.1) is 13.0 Å². The molecule has 3 rings (SSSR count). The molecule has 1 unspecified atom stereocenters. The average Bonchev–Trinajstić information content (AvgIpc) is 3.14. The van der Waals surface area contributed by atoms with Crippen LogP contribution in [0.3, 0.4) is 0 Å². The number of nitrogens with zero attached hydrogens (tertiary/aromatic N) is 2. The maximum Gasteiger partial charge on any atom is 0.325 e. The highest BCUT2D eigenvalue weighted by Crippen LogP contribution is 2.22. The molecule has 30 heavy (non-hydrogen) atoms. The number of halogens is 1. The van der Waals surface area contributed by atoms with Crippen molar-refractivity contribution >= 4 is 29.4 Å². The van der Waals surface area contributed by atoms with Crippen LogP contribution in [0.15, 0.2) is 54.6 Å². The molecule has 6 nitrogen and oxygen atoms in total. The van der Waals surface area contributed by atoms with Crippen LogP contribution in [0.5, 0.6) is 0 Å². The largest absolute Gasteiger partial charge is 0.468 e. The summed E-state index contributed by atoms with van der Waals surface area (Å²) >= 11 is 5.93. The topological polar surface area (TPSA) is 66.9 Å². The van der Waals surface area contributed by atoms with E-state index in [0.717, 1.165) is 17.5 Å². The lowest BCUT2D eigenvalue weighted by molar-refractivity contribution is -0.148. The van der Waals surface area contributed by atoms with Crippen LogP contribution in [-0.2, 0) is 32.1 Å². The minimum absolute atomic E-state index is 0.0335. The van der Waals surface area contributed by atoms with E-state index in [1.165, 1.54) is 12.0 Å². The normalized spacial score (nSPS) is 15.9. The van der Waals surface area contributed by atoms with E-state index in [-0.39, 0.29) is 31.3 Å². The van der Waals surface area contributed by atoms with Crippen LogP contribution in [-0.4, -0.2) is 54.3 Å². The number of rotatable bonds is 8. The van der Waals surface area contributed by atoms with Gasteiger partial charge in [-0.25, -0.2) is 0 Å². The van der Waals surface area contributed by atoms with Crippen molar-refractivity contribution < 1.29 is 19.1 Å². The van der Waals surface area contributed by atoms with E-state index in [4.69, 9.17) is 16.3 Å². The molecule has 158 valence electrons. The molecule has 0 spiro atoms. The van der Waals surface area contributed by atoms with E-state index in [9.17, 15) is 14.4 Å². The van der Waals surface area contributed by atoms with Crippen molar-refractivity contribution in [3.63, 3.8) is 0 Å². The summed E-state index contributed by atoms with van der Waals surface area (Å²) in [6.45, 7) is 1.02. The molecule has 0 aliphatic carbocycles. The van der Waals surface area contributed by atoms with Gasteiger partial charge in [0.1, 0.15) is 6.54 Å². The van der Waals surface area contributed by atoms with Gasteiger partial charge in [-0.15, -0.1) is 0 Å². The molecule has 1 fully saturated rings. The fraction of sp³-hybridized carbons (Fsp3) is 0.348. The number of carbonyl (C=O) groups is 3. The smallest absolute Gasteiger partial charge is 0.325 e. The summed E-state index contributed by atoms with van der Waals surface area (Å²) in [5, 5.41) is 0.597. The van der Waals surface area contributed by atoms with Gasteiger partial charge >= 0.3 is 5.97 Å². The van der Waals surface area contributed by atoms with E-state index in [1.807, 2.05) is 42.5 Å². The van der Waals surface area contributed by atoms with Gasteiger partial charge in [0, 0.05) is 31.1 Å². The molecule has 1 heterocycles. The summed E-state index contributed by atoms with van der Waals surface area (Å²) < 4.78 is 4.75. The third-order valence-corrected chi connectivity index (χ3v) is 5.47. The monoisotopic (exact) mass is 428 g/mol. The van der Waals surface area contributed by atoms with Crippen LogP contribution in [0.25, 0.3) is 0 Å². The van der Waals surface area contributed by atoms with E-state index < -0.39 is 11.9 Å². The molecule has 0 aromatic heterocycles. The summed E-state index contributed by atoms with van der Waals surface area (Å²) in [4.78, 5) is 40.6. The Bertz CT molecular complexity index is 886. The Balaban J connectivity index is 1.65. The number of hydrogen-bond acceptors (Lipinski definition) is 4. The second-order valence-electron chi connectivity index (χ2n) is 7.37. The molecule has 1 aliphatic rings. The second kappa shape index (κ2) is 10.3. The van der Waals surface area contributed by atoms with Gasteiger partial charge in [-0.2, -0.15) is 0 Å². The number of esters is 1. The second-order valence-corrected chi connectivity index (χ2v) is 7.81. The maximum absolute atomic E-state index is 13.1. The van der Waals surface area contributed by atoms with E-state index in [0.29, 0.717) is 18.1 Å². The summed E-state index contributed by atoms with van der Waals surface area (Å²) in [5.74, 6) is -1.22. The van der Waals surface area contributed by atoms with Crippen molar-refractivity contribution in [3.8, 4) is 0 Å². The number of carbonyl (C=O) groups excluding carboxylic acids is 3. The van der Waals surface area contributed by atoms with Gasteiger partial charge in [-0.3, -0.25) is 14.4 Å². The predicted molar refractivity (Wildman–Crippen MR) is 114 cm³/mol. The third-order valence-electron chi connectivity index (χ3n) is 5.22. The van der Waals surface area contributed by atoms with Crippen LogP contribution >= 0.6 is 11.6 Å². The Morgan fingerprint density at radius 3 is 2.47 bits per heavy atom. The van der Waals surface area contributed by atoms with Crippen molar-refractivity contribution in [1.82, 2.24) is 9.80 Å². The first kappa shape index (κ1) is 21.8. The number of methoxy groups -OCH3 is 1. The standard InChI is InChI=1S/C23H25ClN2O4/c1-30-22(28)16-26(14-18-7-9-20(24)10-8-18)23(29)19-13-21(27)25(15-19)12-11-17-5-3-2-4-6-17/h2-10,19H,11-16H2,1H3. The average molecular weight is 429 g/mol. The van der Waals surface area contributed by atoms with Crippen molar-refractivity contribution in [3.05, 3.63) is 70.7 Å². The lowest BCUT2D eigenvalue weighted by atomic mass is 10.1. The zero-order valence-corrected chi connectivity index (χ0v) is 17.7. The van der Waals surface area contributed by atoms with Gasteiger partial charge in [-0.05, 0) is 29.7 Å². The number of benzene rings is 2. The van der Waals surface area contributed by atoms with Crippen molar-refractivity contribution in [2.75, 3.05) is 26.7 Å². The molecule has 0 radical (unpaired) electrons. The minimum Gasteiger partial charge on any atom is -0.468 e. The number of amides is 2. The first-order valence-corrected chi connectivity index (χ1v) is 10.3. The van der Waals surface area contributed by atoms with Gasteiger partial charge in [-0.1, -0.05) is 54.1 Å². The van der Waals surface area contributed by atoms with Gasteiger partial charge < -0.3 is 14.5 Å². The highest BCUT2D eigenvalue weighted by Gasteiger charge is 2.36. The summed E-state index contributed by atoms with van der Waals surface area (Å²) in [6, 6.07) is 17.0. The molecule has 2 aromatic carbocycles. The number of likely N-dealkylation sites (tertiary alicyclic amines) is 1. The summed E-state index contributed by atoms with van der Waals surface area (Å²) in [6.07, 6.45) is 0.899. The van der Waals surface area contributed by atoms with Crippen molar-refractivity contribution in [2.45, 2.75) is 19.4 Å². The zero-order valence-electron chi connectivity index (χ0n) is 16.9. The Morgan fingerprint density at radius 1 is 1.10 bits per heavy atom. The quantitative estimate of drug-likeness (QED) is 0.606. The first-order valence-electron chi connectivity index (χ1n) is 9.88. The van der Waals surface area contributed by atoms with Crippen LogP contribution in [0.2, 0.25) is 5.02 Å². The molecular formula is C23H25ClN2O4. The highest BCUT2D eigenvalue weighted by molar-refractivity contribution is 6.30. The van der Waals surface area contributed by atoms with Crippen LogP contribution in [0.1, 0.15) is 17.5 Å². The molecule has 2 aromatic rings. The van der Waals surface area contributed by atoms with Crippen LogP contribution < -0.4 is 0 Å². The Labute approximate surface area is 181 Å². The van der Waals surface area contributed by atoms with Crippen LogP contribution in [0.4, 0.5) is 0 Å². The fourth-order valence-electron chi connectivity index (χ4n) is 3.56. The summed E-state index contributed by atoms with van der Waals surface area (Å²) in [5.41, 5.74) is 2.00. The first-order chi connectivity index (χ1) is 14.5. The molecule has 0 N–H and O–H groups in total. The Hall–Kier alpha value is -2.86. The molecule has 7 heteroatoms. The lowest BCUT2D eigenvalue weighted by Crippen LogP contribution is -2.40. The molecule has 0 saturated carbocycles. The third kappa shape index (κ3) is 5.83. The Kier molecular flexibility index (Phi) is 7.46. The molecular weight excluding hydrogens is 404 g/mol. The highest BCUT2D eigenvalue weighted by atomic mass is 35.5. The van der Waals surface area contributed by atoms with E-state index >= 15 is 0 Å². The fourth-order valence-corrected chi connectivity index (χ4v) is 3.69. The molecule has 2 amide bonds. The van der Waals surface area contributed by atoms with Crippen molar-refractivity contribution in [1.29, 1.82) is 0 Å². The van der Waals surface area contributed by atoms with E-state index in [1.54, 1.807) is 17.0 Å². The molecule has 1 aliphatic heterocycles. The Morgan fingerprint density at radius 2 is 1.80 bits per heavy atom. The SMILES string of the molecule is COC(=O)CN(Cc1ccc(Cl)cc1)C(=O)C1CC(=O)N(CCc2ccccc2)C1. The lowest BCUT2D eigenvalue weighted by Gasteiger charge is -2.25. The summed E-state index contributed by atoms with van der Waals surface area (Å²) in [7, 11) is 1.29. The molecule has 1 atom stereocenters. The molecule has 0 bridgehead atoms. The predicted octanol–water partition coefficient (Wildman–Crippen LogP) is 2.93. The zero-order chi connectivity index (χ0) is 21.5. The van der Waals surface area contributed by atoms with Gasteiger partial charge in [0.15, 0.2) is 0 Å². The van der Waals surface area contributed by atoms with Gasteiger partial charge in [0.2, 0.25) is 11.8 Å². The minimum atomic E-state index is -0.498. The van der Waals surface area contributed by atoms with Gasteiger partial charge in [0.25, 0.3) is 0 Å². The maximum atomic E-state index is 13.1. The number of ether oxygens (including phenoxy) is 1. The number of hydrogen-bond donors (Lipinski definition) is 0.